The van der Waals surface area contributed by atoms with Crippen molar-refractivity contribution in [1.82, 2.24) is 9.78 Å². The Morgan fingerprint density at radius 1 is 1.57 bits per heavy atom. The van der Waals surface area contributed by atoms with Crippen molar-refractivity contribution in [1.29, 1.82) is 0 Å². The molecule has 1 aromatic heterocycles. The lowest BCUT2D eigenvalue weighted by atomic mass is 10.2. The second-order valence-electron chi connectivity index (χ2n) is 4.55. The Morgan fingerprint density at radius 2 is 2.33 bits per heavy atom. The predicted octanol–water partition coefficient (Wildman–Crippen LogP) is 1.68. The number of ether oxygens (including phenoxy) is 1. The Balaban J connectivity index is 1.87. The maximum atomic E-state index is 13.3. The van der Waals surface area contributed by atoms with Crippen molar-refractivity contribution in [2.45, 2.75) is 19.6 Å². The van der Waals surface area contributed by atoms with Gasteiger partial charge in [-0.2, -0.15) is 5.10 Å². The fourth-order valence-electron chi connectivity index (χ4n) is 1.67. The Labute approximate surface area is 119 Å². The molecule has 8 heteroatoms. The normalized spacial score (nSPS) is 12.1. The van der Waals surface area contributed by atoms with E-state index in [0.29, 0.717) is 11.3 Å². The minimum Gasteiger partial charge on any atom is -0.491 e. The summed E-state index contributed by atoms with van der Waals surface area (Å²) in [6, 6.07) is 4.42. The molecule has 0 radical (unpaired) electrons. The third-order valence-electron chi connectivity index (χ3n) is 2.81. The highest BCUT2D eigenvalue weighted by atomic mass is 19.1. The molecule has 0 spiro atoms. The van der Waals surface area contributed by atoms with Crippen LogP contribution < -0.4 is 4.74 Å². The molecule has 0 bridgehead atoms. The van der Waals surface area contributed by atoms with Crippen molar-refractivity contribution >= 4 is 5.69 Å². The molecular weight excluding hydrogens is 281 g/mol. The zero-order chi connectivity index (χ0) is 15.4. The molecule has 0 aliphatic rings. The van der Waals surface area contributed by atoms with Crippen LogP contribution in [0.2, 0.25) is 0 Å². The largest absolute Gasteiger partial charge is 0.491 e. The number of aliphatic hydroxyl groups is 1. The van der Waals surface area contributed by atoms with Gasteiger partial charge in [-0.05, 0) is 18.6 Å². The van der Waals surface area contributed by atoms with Gasteiger partial charge in [-0.15, -0.1) is 0 Å². The zero-order valence-corrected chi connectivity index (χ0v) is 11.3. The van der Waals surface area contributed by atoms with Crippen LogP contribution in [0.5, 0.6) is 5.75 Å². The van der Waals surface area contributed by atoms with E-state index in [4.69, 9.17) is 4.74 Å². The second kappa shape index (κ2) is 6.31. The molecule has 7 nitrogen and oxygen atoms in total. The Hall–Kier alpha value is -2.48. The minimum atomic E-state index is -0.922. The molecular formula is C13H14FN3O4. The maximum absolute atomic E-state index is 13.3. The van der Waals surface area contributed by atoms with Gasteiger partial charge in [-0.25, -0.2) is 4.39 Å². The fourth-order valence-corrected chi connectivity index (χ4v) is 1.67. The van der Waals surface area contributed by atoms with Gasteiger partial charge in [0.15, 0.2) is 0 Å². The smallest absolute Gasteiger partial charge is 0.306 e. The Morgan fingerprint density at radius 3 is 2.95 bits per heavy atom. The summed E-state index contributed by atoms with van der Waals surface area (Å²) in [5.41, 5.74) is 0.357. The summed E-state index contributed by atoms with van der Waals surface area (Å²) >= 11 is 0. The van der Waals surface area contributed by atoms with Crippen LogP contribution in [-0.2, 0) is 6.54 Å². The molecule has 1 heterocycles. The topological polar surface area (TPSA) is 90.4 Å². The number of hydrogen-bond acceptors (Lipinski definition) is 5. The highest BCUT2D eigenvalue weighted by Crippen LogP contribution is 2.16. The van der Waals surface area contributed by atoms with E-state index >= 15 is 0 Å². The molecule has 112 valence electrons. The molecule has 0 aliphatic carbocycles. The van der Waals surface area contributed by atoms with Gasteiger partial charge in [0, 0.05) is 6.07 Å². The number of rotatable bonds is 6. The lowest BCUT2D eigenvalue weighted by Crippen LogP contribution is -2.23. The molecule has 1 aromatic carbocycles. The summed E-state index contributed by atoms with van der Waals surface area (Å²) in [6.45, 7) is 1.61. The van der Waals surface area contributed by atoms with Crippen molar-refractivity contribution in [3.05, 3.63) is 52.1 Å². The zero-order valence-electron chi connectivity index (χ0n) is 11.3. The van der Waals surface area contributed by atoms with Crippen molar-refractivity contribution in [3.63, 3.8) is 0 Å². The summed E-state index contributed by atoms with van der Waals surface area (Å²) < 4.78 is 19.8. The summed E-state index contributed by atoms with van der Waals surface area (Å²) in [4.78, 5) is 9.93. The van der Waals surface area contributed by atoms with E-state index in [1.165, 1.54) is 16.9 Å². The Kier molecular flexibility index (Phi) is 4.49. The number of aromatic nitrogens is 2. The first-order chi connectivity index (χ1) is 9.95. The molecule has 0 saturated carbocycles. The molecule has 0 amide bonds. The number of aliphatic hydroxyl groups excluding tert-OH is 1. The number of nitrogens with zero attached hydrogens (tertiary/aromatic N) is 3. The van der Waals surface area contributed by atoms with Gasteiger partial charge in [0.1, 0.15) is 36.7 Å². The minimum absolute atomic E-state index is 0.0438. The van der Waals surface area contributed by atoms with E-state index < -0.39 is 11.0 Å². The van der Waals surface area contributed by atoms with E-state index in [-0.39, 0.29) is 24.7 Å². The number of nitro groups is 1. The Bertz CT molecular complexity index is 644. The maximum Gasteiger partial charge on any atom is 0.306 e. The number of halogens is 1. The van der Waals surface area contributed by atoms with Crippen LogP contribution in [0.1, 0.15) is 5.56 Å². The van der Waals surface area contributed by atoms with Crippen LogP contribution in [0.4, 0.5) is 10.1 Å². The SMILES string of the molecule is Cc1ccc(OCC(O)Cn2cc([N+](=O)[O-])cn2)cc1F. The number of benzene rings is 1. The van der Waals surface area contributed by atoms with Crippen LogP contribution >= 0.6 is 0 Å². The second-order valence-corrected chi connectivity index (χ2v) is 4.55. The first kappa shape index (κ1) is 14.9. The monoisotopic (exact) mass is 295 g/mol. The molecule has 0 fully saturated rings. The van der Waals surface area contributed by atoms with E-state index in [1.807, 2.05) is 0 Å². The standard InChI is InChI=1S/C13H14FN3O4/c1-9-2-3-12(4-13(9)14)21-8-11(18)7-16-6-10(5-15-16)17(19)20/h2-6,11,18H,7-8H2,1H3. The third kappa shape index (κ3) is 3.99. The van der Waals surface area contributed by atoms with Crippen LogP contribution in [0.25, 0.3) is 0 Å². The van der Waals surface area contributed by atoms with Gasteiger partial charge in [0.2, 0.25) is 0 Å². The average molecular weight is 295 g/mol. The van der Waals surface area contributed by atoms with Crippen LogP contribution in [0, 0.1) is 22.9 Å². The van der Waals surface area contributed by atoms with Crippen molar-refractivity contribution in [3.8, 4) is 5.75 Å². The lowest BCUT2D eigenvalue weighted by molar-refractivity contribution is -0.385. The summed E-state index contributed by atoms with van der Waals surface area (Å²) in [7, 11) is 0. The molecule has 1 atom stereocenters. The van der Waals surface area contributed by atoms with Gasteiger partial charge < -0.3 is 9.84 Å². The van der Waals surface area contributed by atoms with Crippen LogP contribution in [-0.4, -0.2) is 32.5 Å². The first-order valence-electron chi connectivity index (χ1n) is 6.19. The summed E-state index contributed by atoms with van der Waals surface area (Å²) in [5.74, 6) is -0.0757. The highest BCUT2D eigenvalue weighted by molar-refractivity contribution is 5.28. The van der Waals surface area contributed by atoms with Gasteiger partial charge in [0.05, 0.1) is 11.5 Å². The molecule has 2 aromatic rings. The highest BCUT2D eigenvalue weighted by Gasteiger charge is 2.12. The van der Waals surface area contributed by atoms with E-state index in [9.17, 15) is 19.6 Å². The fraction of sp³-hybridized carbons (Fsp3) is 0.308. The molecule has 0 saturated heterocycles. The predicted molar refractivity (Wildman–Crippen MR) is 71.5 cm³/mol. The molecule has 1 unspecified atom stereocenters. The van der Waals surface area contributed by atoms with Gasteiger partial charge in [0.25, 0.3) is 0 Å². The van der Waals surface area contributed by atoms with Crippen molar-refractivity contribution < 1.29 is 19.2 Å². The molecule has 21 heavy (non-hydrogen) atoms. The van der Waals surface area contributed by atoms with Gasteiger partial charge in [-0.3, -0.25) is 14.8 Å². The molecule has 2 rings (SSSR count). The average Bonchev–Trinajstić information content (AvgIpc) is 2.89. The van der Waals surface area contributed by atoms with Crippen LogP contribution in [0.3, 0.4) is 0 Å². The van der Waals surface area contributed by atoms with Crippen molar-refractivity contribution in [2.24, 2.45) is 0 Å². The molecule has 0 aliphatic heterocycles. The quantitative estimate of drug-likeness (QED) is 0.646. The number of aryl methyl sites for hydroxylation is 1. The first-order valence-corrected chi connectivity index (χ1v) is 6.19. The van der Waals surface area contributed by atoms with Gasteiger partial charge in [-0.1, -0.05) is 6.07 Å². The summed E-state index contributed by atoms with van der Waals surface area (Å²) in [5, 5.41) is 24.0. The van der Waals surface area contributed by atoms with E-state index in [2.05, 4.69) is 5.10 Å². The molecule has 1 N–H and O–H groups in total. The number of hydrogen-bond donors (Lipinski definition) is 1. The van der Waals surface area contributed by atoms with Crippen LogP contribution in [0.15, 0.2) is 30.6 Å². The van der Waals surface area contributed by atoms with Crippen molar-refractivity contribution in [2.75, 3.05) is 6.61 Å². The van der Waals surface area contributed by atoms with Gasteiger partial charge >= 0.3 is 5.69 Å². The summed E-state index contributed by atoms with van der Waals surface area (Å²) in [6.07, 6.45) is 1.39. The third-order valence-corrected chi connectivity index (χ3v) is 2.81. The van der Waals surface area contributed by atoms with E-state index in [1.54, 1.807) is 19.1 Å². The lowest BCUT2D eigenvalue weighted by Gasteiger charge is -2.12. The van der Waals surface area contributed by atoms with E-state index in [0.717, 1.165) is 6.20 Å².